The second-order valence-electron chi connectivity index (χ2n) is 5.99. The first-order chi connectivity index (χ1) is 12.6. The van der Waals surface area contributed by atoms with Crippen molar-refractivity contribution in [2.75, 3.05) is 0 Å². The molecule has 0 atom stereocenters. The van der Waals surface area contributed by atoms with E-state index in [0.717, 1.165) is 5.69 Å². The van der Waals surface area contributed by atoms with E-state index in [2.05, 4.69) is 15.3 Å². The predicted octanol–water partition coefficient (Wildman–Crippen LogP) is 1.57. The molecular weight excluding hydrogens is 332 g/mol. The molecule has 7 heteroatoms. The van der Waals surface area contributed by atoms with Crippen LogP contribution < -0.4 is 16.6 Å². The molecule has 0 aliphatic carbocycles. The number of pyridine rings is 1. The highest BCUT2D eigenvalue weighted by Crippen LogP contribution is 2.04. The molecule has 1 amide bonds. The zero-order valence-electron chi connectivity index (χ0n) is 14.3. The summed E-state index contributed by atoms with van der Waals surface area (Å²) in [5.74, 6) is -0.0737. The van der Waals surface area contributed by atoms with Gasteiger partial charge in [-0.3, -0.25) is 19.1 Å². The normalized spacial score (nSPS) is 10.8. The van der Waals surface area contributed by atoms with E-state index in [9.17, 15) is 14.4 Å². The van der Waals surface area contributed by atoms with Gasteiger partial charge in [0.25, 0.3) is 5.56 Å². The fourth-order valence-corrected chi connectivity index (χ4v) is 2.74. The Bertz CT molecular complexity index is 1010. The highest BCUT2D eigenvalue weighted by Gasteiger charge is 2.07. The van der Waals surface area contributed by atoms with Gasteiger partial charge >= 0.3 is 5.69 Å². The van der Waals surface area contributed by atoms with E-state index in [-0.39, 0.29) is 18.0 Å². The molecular formula is C19H20N4O3. The van der Waals surface area contributed by atoms with Crippen LogP contribution >= 0.6 is 0 Å². The Labute approximate surface area is 149 Å². The molecule has 0 unspecified atom stereocenters. The molecule has 134 valence electrons. The maximum atomic E-state index is 12.4. The largest absolute Gasteiger partial charge is 0.350 e. The lowest BCUT2D eigenvalue weighted by Crippen LogP contribution is -2.35. The van der Waals surface area contributed by atoms with Gasteiger partial charge in [-0.15, -0.1) is 0 Å². The standard InChI is InChI=1S/C19H20N4O3/c24-17(21-13-14-7-3-5-11-20-14)10-4-6-12-23-18(25)15-8-1-2-9-16(15)22-19(23)26/h1-3,5,7-9,11H,4,6,10,12-13H2,(H,21,24)(H,22,26). The summed E-state index contributed by atoms with van der Waals surface area (Å²) in [6.07, 6.45) is 3.18. The maximum Gasteiger partial charge on any atom is 0.328 e. The smallest absolute Gasteiger partial charge is 0.328 e. The molecule has 0 saturated heterocycles. The molecule has 0 spiro atoms. The van der Waals surface area contributed by atoms with Gasteiger partial charge in [0.1, 0.15) is 0 Å². The highest BCUT2D eigenvalue weighted by atomic mass is 16.2. The molecule has 0 aliphatic rings. The lowest BCUT2D eigenvalue weighted by atomic mass is 10.2. The molecule has 3 rings (SSSR count). The van der Waals surface area contributed by atoms with Crippen LogP contribution in [-0.4, -0.2) is 20.4 Å². The summed E-state index contributed by atoms with van der Waals surface area (Å²) in [6, 6.07) is 12.5. The molecule has 3 aromatic rings. The van der Waals surface area contributed by atoms with Crippen LogP contribution in [0.25, 0.3) is 10.9 Å². The van der Waals surface area contributed by atoms with Crippen molar-refractivity contribution < 1.29 is 4.79 Å². The Kier molecular flexibility index (Phi) is 5.58. The third-order valence-electron chi connectivity index (χ3n) is 4.12. The van der Waals surface area contributed by atoms with Crippen LogP contribution in [0.1, 0.15) is 25.0 Å². The molecule has 2 heterocycles. The zero-order chi connectivity index (χ0) is 18.4. The van der Waals surface area contributed by atoms with Crippen molar-refractivity contribution in [3.8, 4) is 0 Å². The van der Waals surface area contributed by atoms with Crippen molar-refractivity contribution in [3.63, 3.8) is 0 Å². The number of para-hydroxylation sites is 1. The van der Waals surface area contributed by atoms with Crippen LogP contribution in [0.15, 0.2) is 58.3 Å². The van der Waals surface area contributed by atoms with E-state index in [0.29, 0.717) is 36.7 Å². The van der Waals surface area contributed by atoms with Gasteiger partial charge in [0.05, 0.1) is 23.1 Å². The minimum Gasteiger partial charge on any atom is -0.350 e. The molecule has 0 saturated carbocycles. The summed E-state index contributed by atoms with van der Waals surface area (Å²) in [5, 5.41) is 3.29. The molecule has 1 aromatic carbocycles. The first kappa shape index (κ1) is 17.6. The summed E-state index contributed by atoms with van der Waals surface area (Å²) in [4.78, 5) is 43.2. The number of hydrogen-bond acceptors (Lipinski definition) is 4. The first-order valence-electron chi connectivity index (χ1n) is 8.53. The summed E-state index contributed by atoms with van der Waals surface area (Å²) in [5.41, 5.74) is 0.611. The summed E-state index contributed by atoms with van der Waals surface area (Å²) in [6.45, 7) is 0.677. The Morgan fingerprint density at radius 2 is 1.88 bits per heavy atom. The van der Waals surface area contributed by atoms with Crippen molar-refractivity contribution in [2.45, 2.75) is 32.4 Å². The van der Waals surface area contributed by atoms with Crippen LogP contribution in [0.4, 0.5) is 0 Å². The first-order valence-corrected chi connectivity index (χ1v) is 8.53. The van der Waals surface area contributed by atoms with Gasteiger partial charge in [-0.05, 0) is 37.1 Å². The quantitative estimate of drug-likeness (QED) is 0.631. The van der Waals surface area contributed by atoms with Gasteiger partial charge in [0.2, 0.25) is 5.91 Å². The molecule has 0 fully saturated rings. The minimum absolute atomic E-state index is 0.0737. The summed E-state index contributed by atoms with van der Waals surface area (Å²) >= 11 is 0. The molecule has 0 bridgehead atoms. The van der Waals surface area contributed by atoms with E-state index in [1.54, 1.807) is 30.5 Å². The van der Waals surface area contributed by atoms with Crippen LogP contribution in [0.3, 0.4) is 0 Å². The number of H-pyrrole nitrogens is 1. The average Bonchev–Trinajstić information content (AvgIpc) is 2.66. The maximum absolute atomic E-state index is 12.4. The van der Waals surface area contributed by atoms with Crippen molar-refractivity contribution in [2.24, 2.45) is 0 Å². The van der Waals surface area contributed by atoms with Gasteiger partial charge in [-0.2, -0.15) is 0 Å². The monoisotopic (exact) mass is 352 g/mol. The zero-order valence-corrected chi connectivity index (χ0v) is 14.3. The number of benzene rings is 1. The van der Waals surface area contributed by atoms with Gasteiger partial charge < -0.3 is 10.3 Å². The fourth-order valence-electron chi connectivity index (χ4n) is 2.74. The number of carbonyl (C=O) groups is 1. The lowest BCUT2D eigenvalue weighted by Gasteiger charge is -2.07. The Morgan fingerprint density at radius 3 is 2.69 bits per heavy atom. The van der Waals surface area contributed by atoms with Crippen LogP contribution in [0.5, 0.6) is 0 Å². The molecule has 0 aliphatic heterocycles. The van der Waals surface area contributed by atoms with Crippen molar-refractivity contribution in [1.29, 1.82) is 0 Å². The van der Waals surface area contributed by atoms with E-state index in [1.165, 1.54) is 4.57 Å². The van der Waals surface area contributed by atoms with Gasteiger partial charge in [0.15, 0.2) is 0 Å². The predicted molar refractivity (Wildman–Crippen MR) is 98.8 cm³/mol. The Hall–Kier alpha value is -3.22. The molecule has 0 radical (unpaired) electrons. The Morgan fingerprint density at radius 1 is 1.08 bits per heavy atom. The van der Waals surface area contributed by atoms with Crippen molar-refractivity contribution >= 4 is 16.8 Å². The highest BCUT2D eigenvalue weighted by molar-refractivity contribution is 5.77. The van der Waals surface area contributed by atoms with E-state index >= 15 is 0 Å². The molecule has 2 N–H and O–H groups in total. The molecule has 26 heavy (non-hydrogen) atoms. The second-order valence-corrected chi connectivity index (χ2v) is 5.99. The number of hydrogen-bond donors (Lipinski definition) is 2. The number of carbonyl (C=O) groups excluding carboxylic acids is 1. The lowest BCUT2D eigenvalue weighted by molar-refractivity contribution is -0.121. The third-order valence-corrected chi connectivity index (χ3v) is 4.12. The minimum atomic E-state index is -0.423. The van der Waals surface area contributed by atoms with Gasteiger partial charge in [-0.25, -0.2) is 4.79 Å². The van der Waals surface area contributed by atoms with E-state index in [4.69, 9.17) is 0 Å². The number of rotatable bonds is 7. The van der Waals surface area contributed by atoms with E-state index in [1.807, 2.05) is 18.2 Å². The van der Waals surface area contributed by atoms with Crippen LogP contribution in [0, 0.1) is 0 Å². The van der Waals surface area contributed by atoms with Crippen LogP contribution in [-0.2, 0) is 17.9 Å². The number of amides is 1. The molecule has 7 nitrogen and oxygen atoms in total. The van der Waals surface area contributed by atoms with Gasteiger partial charge in [-0.1, -0.05) is 18.2 Å². The topological polar surface area (TPSA) is 96.9 Å². The van der Waals surface area contributed by atoms with E-state index < -0.39 is 5.69 Å². The van der Waals surface area contributed by atoms with Crippen LogP contribution in [0.2, 0.25) is 0 Å². The number of fused-ring (bicyclic) bond motifs is 1. The number of aromatic amines is 1. The second kappa shape index (κ2) is 8.24. The third kappa shape index (κ3) is 4.24. The average molecular weight is 352 g/mol. The van der Waals surface area contributed by atoms with Crippen molar-refractivity contribution in [3.05, 3.63) is 75.2 Å². The number of nitrogens with one attached hydrogen (secondary N) is 2. The number of nitrogens with zero attached hydrogens (tertiary/aromatic N) is 2. The number of unbranched alkanes of at least 4 members (excludes halogenated alkanes) is 1. The van der Waals surface area contributed by atoms with Gasteiger partial charge in [0, 0.05) is 19.2 Å². The fraction of sp³-hybridized carbons (Fsp3) is 0.263. The van der Waals surface area contributed by atoms with Crippen molar-refractivity contribution in [1.82, 2.24) is 19.9 Å². The Balaban J connectivity index is 1.51. The molecule has 2 aromatic heterocycles. The SMILES string of the molecule is O=C(CCCCn1c(=O)[nH]c2ccccc2c1=O)NCc1ccccn1. The summed E-state index contributed by atoms with van der Waals surface area (Å²) in [7, 11) is 0. The summed E-state index contributed by atoms with van der Waals surface area (Å²) < 4.78 is 1.19. The number of aromatic nitrogens is 3.